The molecule has 1 N–H and O–H groups in total. The van der Waals surface area contributed by atoms with Gasteiger partial charge in [0, 0.05) is 17.1 Å². The first kappa shape index (κ1) is 24.2. The minimum absolute atomic E-state index is 0.0604. The van der Waals surface area contributed by atoms with Crippen molar-refractivity contribution in [2.45, 2.75) is 32.1 Å². The van der Waals surface area contributed by atoms with Gasteiger partial charge in [0.2, 0.25) is 5.91 Å². The Hall–Kier alpha value is -3.41. The standard InChI is InChI=1S/C21H20F3N5O3S/c1-4-32-19(31)16-10-25-29(18(16)21(22,23)24)15-7-5-14(6-8-15)28-17(30)11-33-20-26-12(2)9-13(3)27-20/h5-10H,4,11H2,1-3H3,(H,28,30). The van der Waals surface area contributed by atoms with E-state index >= 15 is 0 Å². The molecule has 8 nitrogen and oxygen atoms in total. The molecule has 174 valence electrons. The topological polar surface area (TPSA) is 99.0 Å². The normalized spacial score (nSPS) is 11.3. The number of amides is 1. The number of thioether (sulfide) groups is 1. The molecule has 2 heterocycles. The van der Waals surface area contributed by atoms with E-state index in [4.69, 9.17) is 4.74 Å². The molecule has 0 unspecified atom stereocenters. The number of aromatic nitrogens is 4. The molecule has 1 aromatic carbocycles. The fraction of sp³-hybridized carbons (Fsp3) is 0.286. The summed E-state index contributed by atoms with van der Waals surface area (Å²) in [6, 6.07) is 7.42. The predicted molar refractivity (Wildman–Crippen MR) is 115 cm³/mol. The zero-order valence-electron chi connectivity index (χ0n) is 17.9. The molecule has 12 heteroatoms. The first-order valence-electron chi connectivity index (χ1n) is 9.76. The van der Waals surface area contributed by atoms with Gasteiger partial charge in [0.25, 0.3) is 0 Å². The van der Waals surface area contributed by atoms with Crippen molar-refractivity contribution < 1.29 is 27.5 Å². The van der Waals surface area contributed by atoms with E-state index < -0.39 is 23.4 Å². The Morgan fingerprint density at radius 2 is 1.76 bits per heavy atom. The summed E-state index contributed by atoms with van der Waals surface area (Å²) < 4.78 is 46.2. The molecule has 0 aliphatic heterocycles. The van der Waals surface area contributed by atoms with Gasteiger partial charge in [-0.25, -0.2) is 19.4 Å². The number of carbonyl (C=O) groups excluding carboxylic acids is 2. The summed E-state index contributed by atoms with van der Waals surface area (Å²) in [6.07, 6.45) is -4.01. The Labute approximate surface area is 191 Å². The van der Waals surface area contributed by atoms with Crippen LogP contribution in [0.1, 0.15) is 34.4 Å². The van der Waals surface area contributed by atoms with Crippen molar-refractivity contribution in [1.29, 1.82) is 0 Å². The van der Waals surface area contributed by atoms with E-state index in [-0.39, 0.29) is 24.0 Å². The van der Waals surface area contributed by atoms with Crippen molar-refractivity contribution in [2.24, 2.45) is 0 Å². The van der Waals surface area contributed by atoms with Gasteiger partial charge in [-0.05, 0) is 51.1 Å². The first-order valence-corrected chi connectivity index (χ1v) is 10.7. The molecule has 3 aromatic rings. The van der Waals surface area contributed by atoms with E-state index in [1.165, 1.54) is 43.0 Å². The van der Waals surface area contributed by atoms with E-state index in [2.05, 4.69) is 20.4 Å². The number of nitrogens with zero attached hydrogens (tertiary/aromatic N) is 4. The van der Waals surface area contributed by atoms with Gasteiger partial charge in [0.1, 0.15) is 5.56 Å². The second-order valence-electron chi connectivity index (χ2n) is 6.85. The second kappa shape index (κ2) is 10.0. The van der Waals surface area contributed by atoms with Gasteiger partial charge in [0.15, 0.2) is 10.9 Å². The number of hydrogen-bond acceptors (Lipinski definition) is 7. The molecule has 0 radical (unpaired) electrons. The Bertz CT molecular complexity index is 1140. The van der Waals surface area contributed by atoms with E-state index in [0.717, 1.165) is 17.6 Å². The second-order valence-corrected chi connectivity index (χ2v) is 7.80. The summed E-state index contributed by atoms with van der Waals surface area (Å²) >= 11 is 1.17. The number of nitrogens with one attached hydrogen (secondary N) is 1. The molecular weight excluding hydrogens is 459 g/mol. The molecule has 0 aliphatic carbocycles. The zero-order chi connectivity index (χ0) is 24.2. The lowest BCUT2D eigenvalue weighted by Gasteiger charge is -2.13. The van der Waals surface area contributed by atoms with Crippen LogP contribution in [0.25, 0.3) is 5.69 Å². The Balaban J connectivity index is 1.72. The summed E-state index contributed by atoms with van der Waals surface area (Å²) in [5.41, 5.74) is 0.133. The van der Waals surface area contributed by atoms with Crippen LogP contribution in [0.15, 0.2) is 41.7 Å². The first-order chi connectivity index (χ1) is 15.6. The third kappa shape index (κ3) is 6.09. The number of ether oxygens (including phenoxy) is 1. The largest absolute Gasteiger partial charge is 0.462 e. The third-order valence-corrected chi connectivity index (χ3v) is 5.07. The van der Waals surface area contributed by atoms with Crippen LogP contribution >= 0.6 is 11.8 Å². The van der Waals surface area contributed by atoms with Crippen molar-refractivity contribution in [2.75, 3.05) is 17.7 Å². The lowest BCUT2D eigenvalue weighted by atomic mass is 10.2. The Morgan fingerprint density at radius 1 is 1.12 bits per heavy atom. The maximum absolute atomic E-state index is 13.6. The summed E-state index contributed by atoms with van der Waals surface area (Å²) in [4.78, 5) is 32.6. The van der Waals surface area contributed by atoms with Crippen LogP contribution in [-0.4, -0.2) is 44.0 Å². The molecule has 0 fully saturated rings. The van der Waals surface area contributed by atoms with Crippen LogP contribution < -0.4 is 5.32 Å². The van der Waals surface area contributed by atoms with E-state index in [0.29, 0.717) is 15.5 Å². The quantitative estimate of drug-likeness (QED) is 0.308. The van der Waals surface area contributed by atoms with Gasteiger partial charge in [-0.1, -0.05) is 11.8 Å². The number of anilines is 1. The van der Waals surface area contributed by atoms with Crippen molar-refractivity contribution in [3.63, 3.8) is 0 Å². The molecule has 33 heavy (non-hydrogen) atoms. The number of halogens is 3. The lowest BCUT2D eigenvalue weighted by Crippen LogP contribution is -2.18. The average Bonchev–Trinajstić information content (AvgIpc) is 3.18. The molecule has 2 aromatic heterocycles. The zero-order valence-corrected chi connectivity index (χ0v) is 18.8. The molecule has 0 bridgehead atoms. The minimum atomic E-state index is -4.83. The van der Waals surface area contributed by atoms with Crippen LogP contribution in [0.3, 0.4) is 0 Å². The van der Waals surface area contributed by atoms with Crippen LogP contribution in [-0.2, 0) is 15.7 Å². The highest BCUT2D eigenvalue weighted by atomic mass is 32.2. The molecular formula is C21H20F3N5O3S. The van der Waals surface area contributed by atoms with Crippen molar-refractivity contribution in [3.05, 3.63) is 59.2 Å². The Morgan fingerprint density at radius 3 is 2.33 bits per heavy atom. The number of carbonyl (C=O) groups is 2. The molecule has 0 aliphatic rings. The van der Waals surface area contributed by atoms with Gasteiger partial charge >= 0.3 is 12.1 Å². The number of rotatable bonds is 7. The summed E-state index contributed by atoms with van der Waals surface area (Å²) in [7, 11) is 0. The molecule has 0 saturated heterocycles. The van der Waals surface area contributed by atoms with Gasteiger partial charge in [-0.3, -0.25) is 4.79 Å². The summed E-state index contributed by atoms with van der Waals surface area (Å²) in [5.74, 6) is -1.37. The molecule has 0 atom stereocenters. The predicted octanol–water partition coefficient (Wildman–Crippen LogP) is 4.21. The maximum atomic E-state index is 13.6. The van der Waals surface area contributed by atoms with Crippen molar-refractivity contribution in [3.8, 4) is 5.69 Å². The van der Waals surface area contributed by atoms with E-state index in [1.807, 2.05) is 19.9 Å². The SMILES string of the molecule is CCOC(=O)c1cnn(-c2ccc(NC(=O)CSc3nc(C)cc(C)n3)cc2)c1C(F)(F)F. The fourth-order valence-electron chi connectivity index (χ4n) is 2.95. The molecule has 3 rings (SSSR count). The lowest BCUT2D eigenvalue weighted by molar-refractivity contribution is -0.143. The van der Waals surface area contributed by atoms with Crippen LogP contribution in [0.5, 0.6) is 0 Å². The van der Waals surface area contributed by atoms with Gasteiger partial charge in [0.05, 0.1) is 24.2 Å². The number of aryl methyl sites for hydroxylation is 2. The average molecular weight is 479 g/mol. The van der Waals surface area contributed by atoms with Crippen LogP contribution in [0.4, 0.5) is 18.9 Å². The summed E-state index contributed by atoms with van der Waals surface area (Å²) in [5, 5.41) is 6.86. The van der Waals surface area contributed by atoms with E-state index in [1.54, 1.807) is 0 Å². The molecule has 0 spiro atoms. The smallest absolute Gasteiger partial charge is 0.434 e. The number of benzene rings is 1. The number of esters is 1. The Kier molecular flexibility index (Phi) is 7.36. The van der Waals surface area contributed by atoms with Crippen molar-refractivity contribution >= 4 is 29.3 Å². The van der Waals surface area contributed by atoms with Crippen LogP contribution in [0, 0.1) is 13.8 Å². The maximum Gasteiger partial charge on any atom is 0.434 e. The molecule has 0 saturated carbocycles. The highest BCUT2D eigenvalue weighted by Gasteiger charge is 2.41. The monoisotopic (exact) mass is 479 g/mol. The highest BCUT2D eigenvalue weighted by molar-refractivity contribution is 7.99. The van der Waals surface area contributed by atoms with Crippen LogP contribution in [0.2, 0.25) is 0 Å². The van der Waals surface area contributed by atoms with Gasteiger partial charge < -0.3 is 10.1 Å². The number of hydrogen-bond donors (Lipinski definition) is 1. The van der Waals surface area contributed by atoms with E-state index in [9.17, 15) is 22.8 Å². The summed E-state index contributed by atoms with van der Waals surface area (Å²) in [6.45, 7) is 5.10. The highest BCUT2D eigenvalue weighted by Crippen LogP contribution is 2.34. The van der Waals surface area contributed by atoms with Crippen molar-refractivity contribution in [1.82, 2.24) is 19.7 Å². The minimum Gasteiger partial charge on any atom is -0.462 e. The number of alkyl halides is 3. The van der Waals surface area contributed by atoms with Gasteiger partial charge in [-0.2, -0.15) is 18.3 Å². The van der Waals surface area contributed by atoms with Gasteiger partial charge in [-0.15, -0.1) is 0 Å². The fourth-order valence-corrected chi connectivity index (χ4v) is 3.70. The third-order valence-electron chi connectivity index (χ3n) is 4.22. The molecule has 1 amide bonds.